The van der Waals surface area contributed by atoms with Gasteiger partial charge in [-0.15, -0.1) is 0 Å². The summed E-state index contributed by atoms with van der Waals surface area (Å²) in [6, 6.07) is 0.417. The third-order valence-corrected chi connectivity index (χ3v) is 6.45. The van der Waals surface area contributed by atoms with E-state index in [1.165, 1.54) is 38.5 Å². The second-order valence-electron chi connectivity index (χ2n) is 8.39. The van der Waals surface area contributed by atoms with Crippen LogP contribution in [0.3, 0.4) is 0 Å². The minimum absolute atomic E-state index is 0.164. The van der Waals surface area contributed by atoms with Gasteiger partial charge < -0.3 is 15.1 Å². The van der Waals surface area contributed by atoms with Crippen molar-refractivity contribution in [2.75, 3.05) is 36.0 Å². The number of hydrogen-bond donors (Lipinski definition) is 1. The van der Waals surface area contributed by atoms with E-state index in [4.69, 9.17) is 0 Å². The molecule has 27 heavy (non-hydrogen) atoms. The minimum Gasteiger partial charge on any atom is -0.369 e. The number of piperidine rings is 2. The molecular weight excluding hydrogens is 338 g/mol. The van der Waals surface area contributed by atoms with E-state index in [2.05, 4.69) is 25.1 Å². The summed E-state index contributed by atoms with van der Waals surface area (Å²) < 4.78 is 0. The lowest BCUT2D eigenvalue weighted by Crippen LogP contribution is -2.44. The van der Waals surface area contributed by atoms with Crippen LogP contribution in [0, 0.1) is 5.92 Å². The van der Waals surface area contributed by atoms with Crippen LogP contribution in [0.15, 0.2) is 12.4 Å². The van der Waals surface area contributed by atoms with Crippen molar-refractivity contribution in [3.05, 3.63) is 12.4 Å². The third-order valence-electron chi connectivity index (χ3n) is 6.45. The summed E-state index contributed by atoms with van der Waals surface area (Å²) in [6.45, 7) is 3.96. The van der Waals surface area contributed by atoms with Gasteiger partial charge in [0.15, 0.2) is 0 Å². The molecule has 3 fully saturated rings. The fourth-order valence-electron chi connectivity index (χ4n) is 4.70. The smallest absolute Gasteiger partial charge is 0.225 e. The first-order valence-corrected chi connectivity index (χ1v) is 10.9. The Morgan fingerprint density at radius 2 is 1.44 bits per heavy atom. The molecule has 4 rings (SSSR count). The van der Waals surface area contributed by atoms with Crippen molar-refractivity contribution in [1.29, 1.82) is 0 Å². The average molecular weight is 372 g/mol. The molecule has 1 amide bonds. The maximum Gasteiger partial charge on any atom is 0.225 e. The number of nitrogens with one attached hydrogen (secondary N) is 1. The zero-order chi connectivity index (χ0) is 18.5. The Balaban J connectivity index is 1.26. The van der Waals surface area contributed by atoms with Crippen LogP contribution in [0.1, 0.15) is 64.2 Å². The van der Waals surface area contributed by atoms with Crippen molar-refractivity contribution in [1.82, 2.24) is 15.3 Å². The fourth-order valence-corrected chi connectivity index (χ4v) is 4.70. The molecule has 148 valence electrons. The van der Waals surface area contributed by atoms with Gasteiger partial charge in [0.2, 0.25) is 11.9 Å². The van der Waals surface area contributed by atoms with Crippen LogP contribution in [-0.2, 0) is 4.79 Å². The van der Waals surface area contributed by atoms with Crippen molar-refractivity contribution in [3.8, 4) is 0 Å². The van der Waals surface area contributed by atoms with Gasteiger partial charge in [0.25, 0.3) is 0 Å². The van der Waals surface area contributed by atoms with Gasteiger partial charge in [-0.1, -0.05) is 19.3 Å². The highest BCUT2D eigenvalue weighted by Crippen LogP contribution is 2.25. The zero-order valence-corrected chi connectivity index (χ0v) is 16.4. The zero-order valence-electron chi connectivity index (χ0n) is 16.4. The normalized spacial score (nSPS) is 22.7. The molecule has 1 aromatic rings. The number of hydrogen-bond acceptors (Lipinski definition) is 5. The van der Waals surface area contributed by atoms with Gasteiger partial charge in [0, 0.05) is 38.1 Å². The Labute approximate surface area is 162 Å². The van der Waals surface area contributed by atoms with Crippen LogP contribution < -0.4 is 15.1 Å². The average Bonchev–Trinajstić information content (AvgIpc) is 2.75. The Morgan fingerprint density at radius 3 is 2.11 bits per heavy atom. The van der Waals surface area contributed by atoms with Crippen molar-refractivity contribution >= 4 is 17.5 Å². The molecule has 6 heteroatoms. The van der Waals surface area contributed by atoms with Crippen molar-refractivity contribution in [3.63, 3.8) is 0 Å². The molecule has 0 atom stereocenters. The predicted molar refractivity (Wildman–Crippen MR) is 108 cm³/mol. The first-order valence-electron chi connectivity index (χ1n) is 10.9. The SMILES string of the molecule is O=C(NC1CCCCC1)C1CCN(c2cnc(N3CCCCC3)nc2)CC1. The summed E-state index contributed by atoms with van der Waals surface area (Å²) in [4.78, 5) is 26.4. The highest BCUT2D eigenvalue weighted by atomic mass is 16.1. The highest BCUT2D eigenvalue weighted by Gasteiger charge is 2.27. The summed E-state index contributed by atoms with van der Waals surface area (Å²) in [5.74, 6) is 1.30. The van der Waals surface area contributed by atoms with E-state index in [-0.39, 0.29) is 11.8 Å². The first-order chi connectivity index (χ1) is 13.3. The second kappa shape index (κ2) is 8.89. The van der Waals surface area contributed by atoms with Crippen LogP contribution in [-0.4, -0.2) is 48.1 Å². The largest absolute Gasteiger partial charge is 0.369 e. The van der Waals surface area contributed by atoms with Gasteiger partial charge in [0.1, 0.15) is 0 Å². The molecule has 0 aromatic carbocycles. The van der Waals surface area contributed by atoms with E-state index in [9.17, 15) is 4.79 Å². The summed E-state index contributed by atoms with van der Waals surface area (Å²) >= 11 is 0. The number of anilines is 2. The molecule has 3 aliphatic rings. The maximum atomic E-state index is 12.6. The van der Waals surface area contributed by atoms with Gasteiger partial charge in [-0.25, -0.2) is 9.97 Å². The van der Waals surface area contributed by atoms with E-state index in [1.54, 1.807) is 0 Å². The van der Waals surface area contributed by atoms with Crippen LogP contribution >= 0.6 is 0 Å². The molecule has 3 heterocycles. The number of nitrogens with zero attached hydrogens (tertiary/aromatic N) is 4. The molecule has 1 N–H and O–H groups in total. The number of aromatic nitrogens is 2. The van der Waals surface area contributed by atoms with Crippen LogP contribution in [0.5, 0.6) is 0 Å². The van der Waals surface area contributed by atoms with Crippen molar-refractivity contribution in [2.24, 2.45) is 5.92 Å². The maximum absolute atomic E-state index is 12.6. The first kappa shape index (κ1) is 18.5. The molecule has 1 aliphatic carbocycles. The summed E-state index contributed by atoms with van der Waals surface area (Å²) in [7, 11) is 0. The van der Waals surface area contributed by atoms with Gasteiger partial charge in [-0.3, -0.25) is 4.79 Å². The molecule has 2 aliphatic heterocycles. The van der Waals surface area contributed by atoms with Crippen molar-refractivity contribution in [2.45, 2.75) is 70.3 Å². The Kier molecular flexibility index (Phi) is 6.10. The molecule has 0 unspecified atom stereocenters. The molecule has 1 aromatic heterocycles. The molecule has 2 saturated heterocycles. The number of rotatable bonds is 4. The van der Waals surface area contributed by atoms with E-state index in [0.29, 0.717) is 6.04 Å². The number of carbonyl (C=O) groups excluding carboxylic acids is 1. The quantitative estimate of drug-likeness (QED) is 0.881. The van der Waals surface area contributed by atoms with Crippen molar-refractivity contribution < 1.29 is 4.79 Å². The molecule has 0 bridgehead atoms. The van der Waals surface area contributed by atoms with Crippen LogP contribution in [0.2, 0.25) is 0 Å². The molecule has 6 nitrogen and oxygen atoms in total. The Bertz CT molecular complexity index is 600. The standard InChI is InChI=1S/C21H33N5O/c27-20(24-18-7-3-1-4-8-18)17-9-13-25(14-10-17)19-15-22-21(23-16-19)26-11-5-2-6-12-26/h15-18H,1-14H2,(H,24,27). The van der Waals surface area contributed by atoms with Gasteiger partial charge in [0.05, 0.1) is 18.1 Å². The minimum atomic E-state index is 0.164. The van der Waals surface area contributed by atoms with E-state index in [0.717, 1.165) is 63.5 Å². The monoisotopic (exact) mass is 371 g/mol. The lowest BCUT2D eigenvalue weighted by Gasteiger charge is -2.34. The lowest BCUT2D eigenvalue weighted by molar-refractivity contribution is -0.126. The number of amides is 1. The summed E-state index contributed by atoms with van der Waals surface area (Å²) in [5, 5.41) is 3.30. The number of carbonyl (C=O) groups is 1. The summed E-state index contributed by atoms with van der Waals surface area (Å²) in [6.07, 6.45) is 15.7. The van der Waals surface area contributed by atoms with Crippen LogP contribution in [0.4, 0.5) is 11.6 Å². The topological polar surface area (TPSA) is 61.4 Å². The summed E-state index contributed by atoms with van der Waals surface area (Å²) in [5.41, 5.74) is 1.09. The fraction of sp³-hybridized carbons (Fsp3) is 0.762. The molecular formula is C21H33N5O. The molecule has 1 saturated carbocycles. The van der Waals surface area contributed by atoms with Crippen LogP contribution in [0.25, 0.3) is 0 Å². The van der Waals surface area contributed by atoms with E-state index < -0.39 is 0 Å². The molecule has 0 spiro atoms. The van der Waals surface area contributed by atoms with E-state index in [1.807, 2.05) is 12.4 Å². The third kappa shape index (κ3) is 4.71. The molecule has 0 radical (unpaired) electrons. The second-order valence-corrected chi connectivity index (χ2v) is 8.39. The van der Waals surface area contributed by atoms with Gasteiger partial charge in [-0.2, -0.15) is 0 Å². The lowest BCUT2D eigenvalue weighted by atomic mass is 9.92. The Morgan fingerprint density at radius 1 is 0.815 bits per heavy atom. The predicted octanol–water partition coefficient (Wildman–Crippen LogP) is 3.13. The van der Waals surface area contributed by atoms with Gasteiger partial charge >= 0.3 is 0 Å². The Hall–Kier alpha value is -1.85. The van der Waals surface area contributed by atoms with E-state index >= 15 is 0 Å². The highest BCUT2D eigenvalue weighted by molar-refractivity contribution is 5.79. The van der Waals surface area contributed by atoms with Gasteiger partial charge in [-0.05, 0) is 44.9 Å².